The molecule has 3 N–H and O–H groups in total. The van der Waals surface area contributed by atoms with Gasteiger partial charge in [-0.15, -0.1) is 0 Å². The number of anilines is 1. The molecule has 0 unspecified atom stereocenters. The number of benzene rings is 1. The van der Waals surface area contributed by atoms with Gasteiger partial charge in [0, 0.05) is 12.2 Å². The van der Waals surface area contributed by atoms with Crippen molar-refractivity contribution in [1.29, 1.82) is 0 Å². The van der Waals surface area contributed by atoms with Crippen molar-refractivity contribution in [3.63, 3.8) is 0 Å². The largest absolute Gasteiger partial charge is 0.481 e. The number of aliphatic carboxylic acids is 1. The van der Waals surface area contributed by atoms with Crippen LogP contribution >= 0.6 is 0 Å². The van der Waals surface area contributed by atoms with Crippen LogP contribution in [0, 0.1) is 5.92 Å². The van der Waals surface area contributed by atoms with Crippen molar-refractivity contribution in [1.82, 2.24) is 0 Å². The van der Waals surface area contributed by atoms with E-state index in [9.17, 15) is 9.90 Å². The highest BCUT2D eigenvalue weighted by molar-refractivity contribution is 5.70. The highest BCUT2D eigenvalue weighted by Crippen LogP contribution is 2.32. The van der Waals surface area contributed by atoms with E-state index in [1.807, 2.05) is 30.3 Å². The number of hydrogen-bond donors (Lipinski definition) is 3. The third-order valence-electron chi connectivity index (χ3n) is 3.66. The quantitative estimate of drug-likeness (QED) is 0.764. The molecule has 0 amide bonds. The molecule has 0 aliphatic heterocycles. The molecule has 1 aliphatic carbocycles. The van der Waals surface area contributed by atoms with Crippen LogP contribution in [-0.4, -0.2) is 28.3 Å². The van der Waals surface area contributed by atoms with Crippen molar-refractivity contribution in [2.75, 3.05) is 11.9 Å². The van der Waals surface area contributed by atoms with E-state index in [2.05, 4.69) is 5.32 Å². The Kier molecular flexibility index (Phi) is 3.87. The molecule has 1 saturated carbocycles. The van der Waals surface area contributed by atoms with Crippen molar-refractivity contribution in [2.45, 2.75) is 31.3 Å². The summed E-state index contributed by atoms with van der Waals surface area (Å²) in [5.41, 5.74) is 0.202. The number of para-hydroxylation sites is 1. The molecule has 0 spiro atoms. The van der Waals surface area contributed by atoms with Crippen molar-refractivity contribution in [3.05, 3.63) is 30.3 Å². The summed E-state index contributed by atoms with van der Waals surface area (Å²) in [5, 5.41) is 22.5. The van der Waals surface area contributed by atoms with E-state index >= 15 is 0 Å². The molecule has 0 bridgehead atoms. The summed E-state index contributed by atoms with van der Waals surface area (Å²) >= 11 is 0. The van der Waals surface area contributed by atoms with Crippen LogP contribution < -0.4 is 5.32 Å². The molecule has 0 heterocycles. The first-order chi connectivity index (χ1) is 8.59. The standard InChI is InChI=1S/C14H19NO3/c16-13(17)11-6-8-14(18,9-7-11)10-15-12-4-2-1-3-5-12/h1-5,11,15,18H,6-10H2,(H,16,17). The number of hydrogen-bond acceptors (Lipinski definition) is 3. The normalized spacial score (nSPS) is 27.7. The molecule has 2 rings (SSSR count). The summed E-state index contributed by atoms with van der Waals surface area (Å²) < 4.78 is 0. The SMILES string of the molecule is O=C(O)C1CCC(O)(CNc2ccccc2)CC1. The molecule has 4 nitrogen and oxygen atoms in total. The maximum atomic E-state index is 10.8. The van der Waals surface area contributed by atoms with Crippen molar-refractivity contribution in [3.8, 4) is 0 Å². The lowest BCUT2D eigenvalue weighted by atomic mass is 9.79. The zero-order valence-corrected chi connectivity index (χ0v) is 10.3. The molecule has 1 aliphatic rings. The Hall–Kier alpha value is -1.55. The Morgan fingerprint density at radius 2 is 1.89 bits per heavy atom. The van der Waals surface area contributed by atoms with Crippen LogP contribution in [0.2, 0.25) is 0 Å². The third kappa shape index (κ3) is 3.23. The second kappa shape index (κ2) is 5.40. The van der Waals surface area contributed by atoms with Gasteiger partial charge in [0.1, 0.15) is 0 Å². The molecule has 1 fully saturated rings. The first-order valence-corrected chi connectivity index (χ1v) is 6.33. The lowest BCUT2D eigenvalue weighted by Crippen LogP contribution is -2.41. The fraction of sp³-hybridized carbons (Fsp3) is 0.500. The molecule has 1 aromatic rings. The molecule has 4 heteroatoms. The first-order valence-electron chi connectivity index (χ1n) is 6.33. The van der Waals surface area contributed by atoms with Gasteiger partial charge in [0.05, 0.1) is 11.5 Å². The number of carboxylic acid groups (broad SMARTS) is 1. The van der Waals surface area contributed by atoms with Gasteiger partial charge in [-0.3, -0.25) is 4.79 Å². The maximum absolute atomic E-state index is 10.8. The lowest BCUT2D eigenvalue weighted by Gasteiger charge is -2.35. The van der Waals surface area contributed by atoms with E-state index in [1.54, 1.807) is 0 Å². The first kappa shape index (κ1) is 12.9. The van der Waals surface area contributed by atoms with Gasteiger partial charge < -0.3 is 15.5 Å². The van der Waals surface area contributed by atoms with Gasteiger partial charge in [0.25, 0.3) is 0 Å². The van der Waals surface area contributed by atoms with E-state index in [4.69, 9.17) is 5.11 Å². The molecule has 0 radical (unpaired) electrons. The average Bonchev–Trinajstić information content (AvgIpc) is 2.38. The smallest absolute Gasteiger partial charge is 0.306 e. The van der Waals surface area contributed by atoms with Gasteiger partial charge in [-0.2, -0.15) is 0 Å². The summed E-state index contributed by atoms with van der Waals surface area (Å²) in [6, 6.07) is 9.72. The third-order valence-corrected chi connectivity index (χ3v) is 3.66. The number of carbonyl (C=O) groups is 1. The maximum Gasteiger partial charge on any atom is 0.306 e. The number of rotatable bonds is 4. The van der Waals surface area contributed by atoms with Gasteiger partial charge in [-0.05, 0) is 37.8 Å². The van der Waals surface area contributed by atoms with Crippen LogP contribution in [0.4, 0.5) is 5.69 Å². The van der Waals surface area contributed by atoms with E-state index in [-0.39, 0.29) is 5.92 Å². The summed E-state index contributed by atoms with van der Waals surface area (Å²) in [6.07, 6.45) is 2.21. The fourth-order valence-corrected chi connectivity index (χ4v) is 2.40. The number of nitrogens with one attached hydrogen (secondary N) is 1. The zero-order chi connectivity index (χ0) is 13.0. The number of aliphatic hydroxyl groups is 1. The van der Waals surface area contributed by atoms with Crippen LogP contribution in [-0.2, 0) is 4.79 Å². The zero-order valence-electron chi connectivity index (χ0n) is 10.3. The molecular weight excluding hydrogens is 230 g/mol. The van der Waals surface area contributed by atoms with Crippen LogP contribution in [0.15, 0.2) is 30.3 Å². The molecular formula is C14H19NO3. The second-order valence-electron chi connectivity index (χ2n) is 5.06. The Labute approximate surface area is 107 Å². The lowest BCUT2D eigenvalue weighted by molar-refractivity contribution is -0.144. The van der Waals surface area contributed by atoms with E-state index in [0.717, 1.165) is 5.69 Å². The molecule has 0 atom stereocenters. The minimum Gasteiger partial charge on any atom is -0.481 e. The fourth-order valence-electron chi connectivity index (χ4n) is 2.40. The van der Waals surface area contributed by atoms with E-state index in [0.29, 0.717) is 32.2 Å². The monoisotopic (exact) mass is 249 g/mol. The Bertz CT molecular complexity index is 397. The summed E-state index contributed by atoms with van der Waals surface area (Å²) in [5.74, 6) is -1.03. The highest BCUT2D eigenvalue weighted by Gasteiger charge is 2.35. The van der Waals surface area contributed by atoms with Crippen molar-refractivity contribution >= 4 is 11.7 Å². The summed E-state index contributed by atoms with van der Waals surface area (Å²) in [6.45, 7) is 0.476. The van der Waals surface area contributed by atoms with Crippen LogP contribution in [0.5, 0.6) is 0 Å². The van der Waals surface area contributed by atoms with Gasteiger partial charge in [-0.1, -0.05) is 18.2 Å². The van der Waals surface area contributed by atoms with E-state index in [1.165, 1.54) is 0 Å². The van der Waals surface area contributed by atoms with E-state index < -0.39 is 11.6 Å². The molecule has 1 aromatic carbocycles. The Balaban J connectivity index is 1.85. The van der Waals surface area contributed by atoms with Crippen molar-refractivity contribution in [2.24, 2.45) is 5.92 Å². The minimum atomic E-state index is -0.776. The minimum absolute atomic E-state index is 0.290. The molecule has 0 aromatic heterocycles. The molecule has 18 heavy (non-hydrogen) atoms. The van der Waals surface area contributed by atoms with Gasteiger partial charge >= 0.3 is 5.97 Å². The summed E-state index contributed by atoms with van der Waals surface area (Å²) in [4.78, 5) is 10.8. The average molecular weight is 249 g/mol. The van der Waals surface area contributed by atoms with Gasteiger partial charge in [-0.25, -0.2) is 0 Å². The molecule has 98 valence electrons. The predicted molar refractivity (Wildman–Crippen MR) is 69.5 cm³/mol. The second-order valence-corrected chi connectivity index (χ2v) is 5.06. The van der Waals surface area contributed by atoms with Gasteiger partial charge in [0.15, 0.2) is 0 Å². The highest BCUT2D eigenvalue weighted by atomic mass is 16.4. The van der Waals surface area contributed by atoms with Crippen LogP contribution in [0.3, 0.4) is 0 Å². The Morgan fingerprint density at radius 1 is 1.28 bits per heavy atom. The topological polar surface area (TPSA) is 69.6 Å². The number of carboxylic acids is 1. The summed E-state index contributed by atoms with van der Waals surface area (Å²) in [7, 11) is 0. The molecule has 0 saturated heterocycles. The van der Waals surface area contributed by atoms with Crippen LogP contribution in [0.1, 0.15) is 25.7 Å². The van der Waals surface area contributed by atoms with Gasteiger partial charge in [0.2, 0.25) is 0 Å². The van der Waals surface area contributed by atoms with Crippen molar-refractivity contribution < 1.29 is 15.0 Å². The Morgan fingerprint density at radius 3 is 2.44 bits per heavy atom. The predicted octanol–water partition coefficient (Wildman–Crippen LogP) is 2.10. The van der Waals surface area contributed by atoms with Crippen LogP contribution in [0.25, 0.3) is 0 Å².